The molecule has 1 rings (SSSR count). The number of alkyl halides is 3. The Bertz CT molecular complexity index is 441. The SMILES string of the molecule is CC(C)(C)c1nc(Cl)cc(NCCCCC(F)(F)F)n1. The van der Waals surface area contributed by atoms with Crippen molar-refractivity contribution in [3.63, 3.8) is 0 Å². The molecular formula is C13H19ClF3N3. The lowest BCUT2D eigenvalue weighted by atomic mass is 9.96. The molecule has 0 atom stereocenters. The normalized spacial score (nSPS) is 12.6. The van der Waals surface area contributed by atoms with Gasteiger partial charge in [-0.25, -0.2) is 9.97 Å². The Morgan fingerprint density at radius 2 is 1.80 bits per heavy atom. The molecule has 0 bridgehead atoms. The maximum absolute atomic E-state index is 12.0. The van der Waals surface area contributed by atoms with Crippen LogP contribution in [0.3, 0.4) is 0 Å². The van der Waals surface area contributed by atoms with Crippen LogP contribution in [-0.4, -0.2) is 22.7 Å². The van der Waals surface area contributed by atoms with E-state index in [0.717, 1.165) is 0 Å². The van der Waals surface area contributed by atoms with Crippen molar-refractivity contribution in [2.75, 3.05) is 11.9 Å². The van der Waals surface area contributed by atoms with Crippen molar-refractivity contribution in [3.8, 4) is 0 Å². The molecule has 1 heterocycles. The molecule has 0 aromatic carbocycles. The fourth-order valence-corrected chi connectivity index (χ4v) is 1.69. The lowest BCUT2D eigenvalue weighted by molar-refractivity contribution is -0.135. The summed E-state index contributed by atoms with van der Waals surface area (Å²) in [7, 11) is 0. The maximum atomic E-state index is 12.0. The van der Waals surface area contributed by atoms with Crippen LogP contribution in [0.25, 0.3) is 0 Å². The molecule has 0 amide bonds. The van der Waals surface area contributed by atoms with E-state index in [1.165, 1.54) is 0 Å². The third-order valence-electron chi connectivity index (χ3n) is 2.56. The average Bonchev–Trinajstić information content (AvgIpc) is 2.25. The minimum Gasteiger partial charge on any atom is -0.370 e. The third-order valence-corrected chi connectivity index (χ3v) is 2.75. The van der Waals surface area contributed by atoms with E-state index in [9.17, 15) is 13.2 Å². The zero-order valence-electron chi connectivity index (χ0n) is 11.8. The Hall–Kier alpha value is -1.04. The summed E-state index contributed by atoms with van der Waals surface area (Å²) in [5, 5.41) is 3.30. The molecule has 0 aliphatic rings. The number of anilines is 1. The second-order valence-electron chi connectivity index (χ2n) is 5.65. The largest absolute Gasteiger partial charge is 0.389 e. The predicted molar refractivity (Wildman–Crippen MR) is 74.1 cm³/mol. The minimum atomic E-state index is -4.09. The highest BCUT2D eigenvalue weighted by atomic mass is 35.5. The molecule has 7 heteroatoms. The van der Waals surface area contributed by atoms with Crippen molar-refractivity contribution < 1.29 is 13.2 Å². The van der Waals surface area contributed by atoms with Gasteiger partial charge < -0.3 is 5.32 Å². The van der Waals surface area contributed by atoms with E-state index in [4.69, 9.17) is 11.6 Å². The lowest BCUT2D eigenvalue weighted by Gasteiger charge is -2.17. The van der Waals surface area contributed by atoms with Crippen molar-refractivity contribution in [2.45, 2.75) is 51.6 Å². The standard InChI is InChI=1S/C13H19ClF3N3/c1-12(2,3)11-19-9(14)8-10(20-11)18-7-5-4-6-13(15,16)17/h8H,4-7H2,1-3H3,(H,18,19,20). The van der Waals surface area contributed by atoms with Crippen LogP contribution in [0.1, 0.15) is 45.9 Å². The Kier molecular flexibility index (Phi) is 5.62. The van der Waals surface area contributed by atoms with Crippen molar-refractivity contribution >= 4 is 17.4 Å². The zero-order chi connectivity index (χ0) is 15.4. The predicted octanol–water partition coefficient (Wildman–Crippen LogP) is 4.57. The van der Waals surface area contributed by atoms with Crippen molar-refractivity contribution in [2.24, 2.45) is 0 Å². The number of hydrogen-bond acceptors (Lipinski definition) is 3. The maximum Gasteiger partial charge on any atom is 0.389 e. The number of rotatable bonds is 5. The Morgan fingerprint density at radius 3 is 2.35 bits per heavy atom. The Labute approximate surface area is 122 Å². The van der Waals surface area contributed by atoms with Gasteiger partial charge in [-0.3, -0.25) is 0 Å². The Morgan fingerprint density at radius 1 is 1.15 bits per heavy atom. The summed E-state index contributed by atoms with van der Waals surface area (Å²) in [5.41, 5.74) is -0.238. The smallest absolute Gasteiger partial charge is 0.370 e. The van der Waals surface area contributed by atoms with Gasteiger partial charge in [-0.1, -0.05) is 32.4 Å². The molecule has 0 spiro atoms. The molecule has 0 unspecified atom stereocenters. The molecule has 3 nitrogen and oxygen atoms in total. The minimum absolute atomic E-state index is 0.0987. The van der Waals surface area contributed by atoms with Crippen LogP contribution in [0.4, 0.5) is 19.0 Å². The molecular weight excluding hydrogens is 291 g/mol. The van der Waals surface area contributed by atoms with Gasteiger partial charge in [0.2, 0.25) is 0 Å². The van der Waals surface area contributed by atoms with Gasteiger partial charge in [-0.2, -0.15) is 13.2 Å². The van der Waals surface area contributed by atoms with Gasteiger partial charge in [0, 0.05) is 24.4 Å². The van der Waals surface area contributed by atoms with E-state index in [1.54, 1.807) is 6.07 Å². The van der Waals surface area contributed by atoms with E-state index in [-0.39, 0.29) is 11.8 Å². The van der Waals surface area contributed by atoms with Gasteiger partial charge >= 0.3 is 6.18 Å². The highest BCUT2D eigenvalue weighted by Gasteiger charge is 2.25. The second-order valence-corrected chi connectivity index (χ2v) is 6.04. The number of nitrogens with one attached hydrogen (secondary N) is 1. The second kappa shape index (κ2) is 6.61. The molecule has 0 saturated carbocycles. The molecule has 1 N–H and O–H groups in total. The molecule has 0 aliphatic carbocycles. The first-order valence-corrected chi connectivity index (χ1v) is 6.81. The van der Waals surface area contributed by atoms with Crippen LogP contribution in [0, 0.1) is 0 Å². The monoisotopic (exact) mass is 309 g/mol. The van der Waals surface area contributed by atoms with Gasteiger partial charge in [0.25, 0.3) is 0 Å². The summed E-state index contributed by atoms with van der Waals surface area (Å²) in [5.74, 6) is 1.14. The molecule has 0 fully saturated rings. The number of hydrogen-bond donors (Lipinski definition) is 1. The van der Waals surface area contributed by atoms with Gasteiger partial charge in [0.05, 0.1) is 0 Å². The van der Waals surface area contributed by atoms with Crippen LogP contribution < -0.4 is 5.32 Å². The molecule has 1 aromatic heterocycles. The van der Waals surface area contributed by atoms with Crippen LogP contribution >= 0.6 is 11.6 Å². The van der Waals surface area contributed by atoms with Crippen LogP contribution in [0.5, 0.6) is 0 Å². The summed E-state index contributed by atoms with van der Waals surface area (Å²) in [6, 6.07) is 1.57. The van der Waals surface area contributed by atoms with E-state index in [2.05, 4.69) is 15.3 Å². The first-order chi connectivity index (χ1) is 9.08. The fourth-order valence-electron chi connectivity index (χ4n) is 1.51. The van der Waals surface area contributed by atoms with Crippen molar-refractivity contribution in [1.82, 2.24) is 9.97 Å². The number of halogens is 4. The van der Waals surface area contributed by atoms with E-state index in [0.29, 0.717) is 29.8 Å². The van der Waals surface area contributed by atoms with E-state index >= 15 is 0 Å². The molecule has 1 aromatic rings. The average molecular weight is 310 g/mol. The number of aromatic nitrogens is 2. The van der Waals surface area contributed by atoms with Crippen LogP contribution in [-0.2, 0) is 5.41 Å². The highest BCUT2D eigenvalue weighted by Crippen LogP contribution is 2.23. The Balaban J connectivity index is 2.50. The highest BCUT2D eigenvalue weighted by molar-refractivity contribution is 6.29. The molecule has 20 heavy (non-hydrogen) atoms. The number of nitrogens with zero attached hydrogens (tertiary/aromatic N) is 2. The lowest BCUT2D eigenvalue weighted by Crippen LogP contribution is -2.17. The molecule has 0 aliphatic heterocycles. The van der Waals surface area contributed by atoms with Gasteiger partial charge in [-0.05, 0) is 12.8 Å². The van der Waals surface area contributed by atoms with Crippen LogP contribution in [0.2, 0.25) is 5.15 Å². The fraction of sp³-hybridized carbons (Fsp3) is 0.692. The first-order valence-electron chi connectivity index (χ1n) is 6.43. The third kappa shape index (κ3) is 6.41. The molecule has 0 saturated heterocycles. The molecule has 114 valence electrons. The summed E-state index contributed by atoms with van der Waals surface area (Å²) < 4.78 is 36.0. The van der Waals surface area contributed by atoms with Gasteiger partial charge in [0.15, 0.2) is 0 Å². The molecule has 0 radical (unpaired) electrons. The summed E-state index contributed by atoms with van der Waals surface area (Å²) in [6.45, 7) is 6.32. The van der Waals surface area contributed by atoms with Gasteiger partial charge in [0.1, 0.15) is 16.8 Å². The van der Waals surface area contributed by atoms with Crippen molar-refractivity contribution in [1.29, 1.82) is 0 Å². The van der Waals surface area contributed by atoms with Crippen molar-refractivity contribution in [3.05, 3.63) is 17.0 Å². The van der Waals surface area contributed by atoms with Crippen LogP contribution in [0.15, 0.2) is 6.07 Å². The topological polar surface area (TPSA) is 37.8 Å². The summed E-state index contributed by atoms with van der Waals surface area (Å²) in [6.07, 6.45) is -4.32. The first kappa shape index (κ1) is 17.0. The number of unbranched alkanes of at least 4 members (excludes halogenated alkanes) is 1. The van der Waals surface area contributed by atoms with Gasteiger partial charge in [-0.15, -0.1) is 0 Å². The quantitative estimate of drug-likeness (QED) is 0.639. The summed E-state index contributed by atoms with van der Waals surface area (Å²) >= 11 is 5.92. The van der Waals surface area contributed by atoms with E-state index < -0.39 is 12.6 Å². The van der Waals surface area contributed by atoms with E-state index in [1.807, 2.05) is 20.8 Å². The zero-order valence-corrected chi connectivity index (χ0v) is 12.6. The summed E-state index contributed by atoms with van der Waals surface area (Å²) in [4.78, 5) is 8.47.